The average Bonchev–Trinajstić information content (AvgIpc) is 2.76. The summed E-state index contributed by atoms with van der Waals surface area (Å²) in [7, 11) is 0. The Morgan fingerprint density at radius 2 is 2.29 bits per heavy atom. The highest BCUT2D eigenvalue weighted by Gasteiger charge is 2.43. The molecule has 2 rings (SSSR count). The second kappa shape index (κ2) is 4.38. The van der Waals surface area contributed by atoms with Crippen molar-refractivity contribution in [1.29, 1.82) is 0 Å². The highest BCUT2D eigenvalue weighted by Crippen LogP contribution is 2.48. The van der Waals surface area contributed by atoms with Crippen molar-refractivity contribution in [3.63, 3.8) is 0 Å². The molecule has 2 atom stereocenters. The number of halogens is 1. The average molecular weight is 217 g/mol. The largest absolute Gasteiger partial charge is 0.329 e. The lowest BCUT2D eigenvalue weighted by molar-refractivity contribution is 0.260. The lowest BCUT2D eigenvalue weighted by Crippen LogP contribution is -2.30. The molecule has 3 heteroatoms. The highest BCUT2D eigenvalue weighted by atomic mass is 35.5. The van der Waals surface area contributed by atoms with Crippen LogP contribution in [-0.4, -0.2) is 37.0 Å². The SMILES string of the molecule is NCCN1CC[C@]2(CC[C@H](CCl)C2)C1. The van der Waals surface area contributed by atoms with Gasteiger partial charge in [-0.3, -0.25) is 0 Å². The summed E-state index contributed by atoms with van der Waals surface area (Å²) in [5, 5.41) is 0. The Balaban J connectivity index is 1.87. The predicted molar refractivity (Wildman–Crippen MR) is 60.6 cm³/mol. The van der Waals surface area contributed by atoms with E-state index in [1.165, 1.54) is 38.8 Å². The van der Waals surface area contributed by atoms with E-state index < -0.39 is 0 Å². The molecule has 2 N–H and O–H groups in total. The topological polar surface area (TPSA) is 29.3 Å². The molecule has 0 bridgehead atoms. The molecule has 1 aliphatic carbocycles. The standard InChI is InChI=1S/C11H21ClN2/c12-8-10-1-2-11(7-10)3-5-14(9-11)6-4-13/h10H,1-9,13H2/t10-,11-/m0/s1. The monoisotopic (exact) mass is 216 g/mol. The minimum Gasteiger partial charge on any atom is -0.329 e. The first-order valence-electron chi connectivity index (χ1n) is 5.76. The predicted octanol–water partition coefficient (Wildman–Crippen LogP) is 1.68. The van der Waals surface area contributed by atoms with Crippen LogP contribution in [0.4, 0.5) is 0 Å². The van der Waals surface area contributed by atoms with Crippen molar-refractivity contribution in [2.45, 2.75) is 25.7 Å². The number of alkyl halides is 1. The number of nitrogens with two attached hydrogens (primary N) is 1. The van der Waals surface area contributed by atoms with Gasteiger partial charge in [-0.15, -0.1) is 11.6 Å². The van der Waals surface area contributed by atoms with Crippen LogP contribution in [0.15, 0.2) is 0 Å². The number of likely N-dealkylation sites (tertiary alicyclic amines) is 1. The van der Waals surface area contributed by atoms with Crippen molar-refractivity contribution in [3.8, 4) is 0 Å². The molecule has 82 valence electrons. The second-order valence-electron chi connectivity index (χ2n) is 5.08. The van der Waals surface area contributed by atoms with E-state index in [9.17, 15) is 0 Å². The Kier molecular flexibility index (Phi) is 3.35. The van der Waals surface area contributed by atoms with E-state index in [2.05, 4.69) is 4.90 Å². The fourth-order valence-electron chi connectivity index (χ4n) is 3.23. The van der Waals surface area contributed by atoms with Crippen LogP contribution in [0.2, 0.25) is 0 Å². The van der Waals surface area contributed by atoms with Gasteiger partial charge in [0.25, 0.3) is 0 Å². The van der Waals surface area contributed by atoms with Gasteiger partial charge in [0.15, 0.2) is 0 Å². The third-order valence-electron chi connectivity index (χ3n) is 3.99. The second-order valence-corrected chi connectivity index (χ2v) is 5.39. The lowest BCUT2D eigenvalue weighted by atomic mass is 9.85. The van der Waals surface area contributed by atoms with Crippen LogP contribution in [-0.2, 0) is 0 Å². The van der Waals surface area contributed by atoms with E-state index in [0.717, 1.165) is 24.9 Å². The molecule has 1 aliphatic heterocycles. The Bertz CT molecular complexity index is 198. The number of hydrogen-bond donors (Lipinski definition) is 1. The highest BCUT2D eigenvalue weighted by molar-refractivity contribution is 6.18. The van der Waals surface area contributed by atoms with Gasteiger partial charge in [0.1, 0.15) is 0 Å². The summed E-state index contributed by atoms with van der Waals surface area (Å²) < 4.78 is 0. The Morgan fingerprint density at radius 3 is 2.93 bits per heavy atom. The van der Waals surface area contributed by atoms with Gasteiger partial charge < -0.3 is 10.6 Å². The summed E-state index contributed by atoms with van der Waals surface area (Å²) in [5.41, 5.74) is 6.21. The maximum Gasteiger partial charge on any atom is 0.0251 e. The Hall–Kier alpha value is 0.210. The summed E-state index contributed by atoms with van der Waals surface area (Å²) in [4.78, 5) is 2.52. The van der Waals surface area contributed by atoms with Gasteiger partial charge >= 0.3 is 0 Å². The molecule has 0 radical (unpaired) electrons. The van der Waals surface area contributed by atoms with E-state index in [-0.39, 0.29) is 0 Å². The van der Waals surface area contributed by atoms with Gasteiger partial charge in [-0.2, -0.15) is 0 Å². The Labute approximate surface area is 91.8 Å². The molecule has 2 fully saturated rings. The van der Waals surface area contributed by atoms with Crippen LogP contribution in [0.5, 0.6) is 0 Å². The quantitative estimate of drug-likeness (QED) is 0.728. The van der Waals surface area contributed by atoms with Crippen LogP contribution in [0.3, 0.4) is 0 Å². The van der Waals surface area contributed by atoms with Crippen molar-refractivity contribution in [2.24, 2.45) is 17.1 Å². The molecule has 0 unspecified atom stereocenters. The summed E-state index contributed by atoms with van der Waals surface area (Å²) in [6, 6.07) is 0. The molecule has 1 spiro atoms. The van der Waals surface area contributed by atoms with Crippen molar-refractivity contribution >= 4 is 11.6 Å². The van der Waals surface area contributed by atoms with Crippen LogP contribution < -0.4 is 5.73 Å². The Morgan fingerprint density at radius 1 is 1.43 bits per heavy atom. The van der Waals surface area contributed by atoms with Gasteiger partial charge in [-0.25, -0.2) is 0 Å². The summed E-state index contributed by atoms with van der Waals surface area (Å²) in [6.07, 6.45) is 5.48. The smallest absolute Gasteiger partial charge is 0.0251 e. The van der Waals surface area contributed by atoms with E-state index in [0.29, 0.717) is 5.41 Å². The minimum absolute atomic E-state index is 0.620. The van der Waals surface area contributed by atoms with Crippen molar-refractivity contribution < 1.29 is 0 Å². The summed E-state index contributed by atoms with van der Waals surface area (Å²) in [6.45, 7) is 4.41. The minimum atomic E-state index is 0.620. The zero-order chi connectivity index (χ0) is 10.0. The molecular formula is C11H21ClN2. The number of hydrogen-bond acceptors (Lipinski definition) is 2. The molecule has 0 aromatic heterocycles. The first-order valence-corrected chi connectivity index (χ1v) is 6.30. The molecular weight excluding hydrogens is 196 g/mol. The van der Waals surface area contributed by atoms with E-state index in [1.807, 2.05) is 0 Å². The molecule has 2 aliphatic rings. The third-order valence-corrected chi connectivity index (χ3v) is 4.42. The van der Waals surface area contributed by atoms with Crippen molar-refractivity contribution in [3.05, 3.63) is 0 Å². The summed E-state index contributed by atoms with van der Waals surface area (Å²) in [5.74, 6) is 1.65. The van der Waals surface area contributed by atoms with Crippen molar-refractivity contribution in [1.82, 2.24) is 4.90 Å². The van der Waals surface area contributed by atoms with Crippen LogP contribution >= 0.6 is 11.6 Å². The third kappa shape index (κ3) is 2.07. The molecule has 0 aromatic carbocycles. The fourth-order valence-corrected chi connectivity index (χ4v) is 3.49. The number of nitrogens with zero attached hydrogens (tertiary/aromatic N) is 1. The lowest BCUT2D eigenvalue weighted by Gasteiger charge is -2.24. The maximum atomic E-state index is 5.93. The first kappa shape index (κ1) is 10.7. The first-order chi connectivity index (χ1) is 6.78. The molecule has 0 aromatic rings. The number of rotatable bonds is 3. The van der Waals surface area contributed by atoms with Gasteiger partial charge in [-0.05, 0) is 43.6 Å². The van der Waals surface area contributed by atoms with E-state index in [4.69, 9.17) is 17.3 Å². The molecule has 0 amide bonds. The molecule has 14 heavy (non-hydrogen) atoms. The molecule has 1 heterocycles. The van der Waals surface area contributed by atoms with Gasteiger partial charge in [-0.1, -0.05) is 0 Å². The van der Waals surface area contributed by atoms with Crippen molar-refractivity contribution in [2.75, 3.05) is 32.1 Å². The van der Waals surface area contributed by atoms with E-state index >= 15 is 0 Å². The fraction of sp³-hybridized carbons (Fsp3) is 1.00. The van der Waals surface area contributed by atoms with Gasteiger partial charge in [0.2, 0.25) is 0 Å². The zero-order valence-electron chi connectivity index (χ0n) is 8.84. The normalized spacial score (nSPS) is 38.6. The maximum absolute atomic E-state index is 5.93. The van der Waals surface area contributed by atoms with Crippen LogP contribution in [0, 0.1) is 11.3 Å². The van der Waals surface area contributed by atoms with Gasteiger partial charge in [0.05, 0.1) is 0 Å². The summed E-state index contributed by atoms with van der Waals surface area (Å²) >= 11 is 5.93. The zero-order valence-corrected chi connectivity index (χ0v) is 9.60. The van der Waals surface area contributed by atoms with Gasteiger partial charge in [0, 0.05) is 25.5 Å². The molecule has 1 saturated heterocycles. The molecule has 1 saturated carbocycles. The van der Waals surface area contributed by atoms with E-state index in [1.54, 1.807) is 0 Å². The van der Waals surface area contributed by atoms with Crippen LogP contribution in [0.1, 0.15) is 25.7 Å². The van der Waals surface area contributed by atoms with Crippen LogP contribution in [0.25, 0.3) is 0 Å². The molecule has 2 nitrogen and oxygen atoms in total.